The number of amides is 1. The van der Waals surface area contributed by atoms with Gasteiger partial charge in [-0.2, -0.15) is 8.42 Å². The minimum absolute atomic E-state index is 0.00691. The average molecular weight is 491 g/mol. The molecule has 2 aromatic rings. The molecule has 5 nitrogen and oxygen atoms in total. The predicted octanol–water partition coefficient (Wildman–Crippen LogP) is 4.36. The van der Waals surface area contributed by atoms with Crippen molar-refractivity contribution in [2.45, 2.75) is 4.90 Å². The van der Waals surface area contributed by atoms with Gasteiger partial charge in [-0.3, -0.25) is 4.79 Å². The third kappa shape index (κ3) is 4.47. The Hall–Kier alpha value is -1.39. The fourth-order valence-corrected chi connectivity index (χ4v) is 4.72. The Kier molecular flexibility index (Phi) is 5.73. The molecule has 134 valence electrons. The number of benzene rings is 2. The zero-order valence-corrected chi connectivity index (χ0v) is 17.5. The molecule has 1 aliphatic rings. The van der Waals surface area contributed by atoms with Gasteiger partial charge in [-0.15, -0.1) is 0 Å². The Morgan fingerprint density at radius 1 is 1.19 bits per heavy atom. The van der Waals surface area contributed by atoms with Gasteiger partial charge in [-0.05, 0) is 64.0 Å². The zero-order valence-electron chi connectivity index (χ0n) is 12.7. The molecule has 3 rings (SSSR count). The summed E-state index contributed by atoms with van der Waals surface area (Å²) in [4.78, 5) is 12.2. The molecule has 0 aliphatic carbocycles. The number of carbonyl (C=O) groups excluding carboxylic acids is 1. The molecule has 10 heteroatoms. The van der Waals surface area contributed by atoms with Gasteiger partial charge >= 0.3 is 10.1 Å². The number of hydrogen-bond acceptors (Lipinski definition) is 6. The van der Waals surface area contributed by atoms with Crippen LogP contribution in [0, 0.1) is 0 Å². The van der Waals surface area contributed by atoms with Gasteiger partial charge in [-0.1, -0.05) is 41.6 Å². The van der Waals surface area contributed by atoms with E-state index in [0.717, 1.165) is 0 Å². The predicted molar refractivity (Wildman–Crippen MR) is 110 cm³/mol. The number of halogens is 2. The summed E-state index contributed by atoms with van der Waals surface area (Å²) in [6, 6.07) is 10.5. The molecule has 1 saturated heterocycles. The van der Waals surface area contributed by atoms with Crippen LogP contribution < -0.4 is 9.50 Å². The molecule has 2 aromatic carbocycles. The molecular formula is C16H9BrClNO4S3. The topological polar surface area (TPSA) is 72.5 Å². The van der Waals surface area contributed by atoms with Gasteiger partial charge in [0.2, 0.25) is 0 Å². The van der Waals surface area contributed by atoms with Crippen molar-refractivity contribution in [2.24, 2.45) is 0 Å². The van der Waals surface area contributed by atoms with Crippen LogP contribution in [0.1, 0.15) is 5.56 Å². The third-order valence-corrected chi connectivity index (χ3v) is 6.48. The van der Waals surface area contributed by atoms with E-state index in [1.54, 1.807) is 18.2 Å². The minimum Gasteiger partial charge on any atom is -0.378 e. The molecular weight excluding hydrogens is 482 g/mol. The summed E-state index contributed by atoms with van der Waals surface area (Å²) in [5.41, 5.74) is 0.690. The van der Waals surface area contributed by atoms with Crippen molar-refractivity contribution in [1.29, 1.82) is 0 Å². The second kappa shape index (κ2) is 7.69. The molecule has 0 saturated carbocycles. The Morgan fingerprint density at radius 3 is 2.46 bits per heavy atom. The van der Waals surface area contributed by atoms with Gasteiger partial charge in [-0.25, -0.2) is 0 Å². The van der Waals surface area contributed by atoms with Gasteiger partial charge in [0.25, 0.3) is 5.91 Å². The second-order valence-corrected chi connectivity index (χ2v) is 9.59. The molecule has 1 aliphatic heterocycles. The maximum absolute atomic E-state index is 12.3. The van der Waals surface area contributed by atoms with Crippen molar-refractivity contribution in [3.8, 4) is 5.75 Å². The van der Waals surface area contributed by atoms with Crippen LogP contribution in [-0.4, -0.2) is 18.6 Å². The molecule has 0 bridgehead atoms. The van der Waals surface area contributed by atoms with E-state index in [1.165, 1.54) is 42.1 Å². The second-order valence-electron chi connectivity index (χ2n) is 5.03. The van der Waals surface area contributed by atoms with E-state index in [2.05, 4.69) is 21.2 Å². The summed E-state index contributed by atoms with van der Waals surface area (Å²) in [6.07, 6.45) is 1.65. The first-order chi connectivity index (χ1) is 12.2. The Balaban J connectivity index is 1.84. The maximum Gasteiger partial charge on any atom is 0.339 e. The van der Waals surface area contributed by atoms with E-state index in [9.17, 15) is 13.2 Å². The molecule has 1 fully saturated rings. The average Bonchev–Trinajstić information content (AvgIpc) is 2.88. The van der Waals surface area contributed by atoms with E-state index in [4.69, 9.17) is 28.0 Å². The first kappa shape index (κ1) is 19.4. The Labute approximate surface area is 173 Å². The van der Waals surface area contributed by atoms with Crippen LogP contribution in [0.15, 0.2) is 56.7 Å². The molecule has 1 N–H and O–H groups in total. The summed E-state index contributed by atoms with van der Waals surface area (Å²) in [6.45, 7) is 0. The molecule has 26 heavy (non-hydrogen) atoms. The number of rotatable bonds is 4. The summed E-state index contributed by atoms with van der Waals surface area (Å²) >= 11 is 15.2. The van der Waals surface area contributed by atoms with Crippen LogP contribution in [0.2, 0.25) is 5.02 Å². The van der Waals surface area contributed by atoms with E-state index in [1.807, 2.05) is 0 Å². The molecule has 0 radical (unpaired) electrons. The highest BCUT2D eigenvalue weighted by Gasteiger charge is 2.22. The number of carbonyl (C=O) groups is 1. The standard InChI is InChI=1S/C16H9BrClNO4S3/c17-12-7-9(8-14-15(20)19-16(24)25-14)1-6-13(12)23-26(21,22)11-4-2-10(18)3-5-11/h1-8H,(H,19,20,24)/b14-8+. The smallest absolute Gasteiger partial charge is 0.339 e. The summed E-state index contributed by atoms with van der Waals surface area (Å²) in [5.74, 6) is -0.136. The quantitative estimate of drug-likeness (QED) is 0.390. The lowest BCUT2D eigenvalue weighted by molar-refractivity contribution is -0.115. The fourth-order valence-electron chi connectivity index (χ4n) is 2.01. The first-order valence-corrected chi connectivity index (χ1v) is 10.8. The normalized spacial score (nSPS) is 16.0. The molecule has 0 spiro atoms. The minimum atomic E-state index is -3.99. The lowest BCUT2D eigenvalue weighted by atomic mass is 10.2. The molecule has 1 heterocycles. The number of nitrogens with one attached hydrogen (secondary N) is 1. The van der Waals surface area contributed by atoms with Crippen LogP contribution in [0.3, 0.4) is 0 Å². The Bertz CT molecular complexity index is 1040. The molecule has 1 amide bonds. The van der Waals surface area contributed by atoms with Gasteiger partial charge in [0.1, 0.15) is 9.22 Å². The zero-order chi connectivity index (χ0) is 18.9. The van der Waals surface area contributed by atoms with Gasteiger partial charge in [0, 0.05) is 5.02 Å². The molecule has 0 unspecified atom stereocenters. The van der Waals surface area contributed by atoms with Crippen LogP contribution in [0.25, 0.3) is 6.08 Å². The van der Waals surface area contributed by atoms with Crippen LogP contribution >= 0.6 is 51.5 Å². The first-order valence-electron chi connectivity index (χ1n) is 6.99. The van der Waals surface area contributed by atoms with E-state index < -0.39 is 10.1 Å². The van der Waals surface area contributed by atoms with E-state index >= 15 is 0 Å². The number of thiocarbonyl (C=S) groups is 1. The van der Waals surface area contributed by atoms with Crippen molar-refractivity contribution in [2.75, 3.05) is 0 Å². The SMILES string of the molecule is O=C1NC(=S)S/C1=C/c1ccc(OS(=O)(=O)c2ccc(Cl)cc2)c(Br)c1. The van der Waals surface area contributed by atoms with Crippen molar-refractivity contribution in [3.63, 3.8) is 0 Å². The van der Waals surface area contributed by atoms with Crippen molar-refractivity contribution in [3.05, 3.63) is 62.4 Å². The summed E-state index contributed by atoms with van der Waals surface area (Å²) in [5, 5.41) is 2.96. The van der Waals surface area contributed by atoms with Crippen molar-refractivity contribution >= 4 is 77.9 Å². The third-order valence-electron chi connectivity index (χ3n) is 3.20. The Morgan fingerprint density at radius 2 is 1.88 bits per heavy atom. The van der Waals surface area contributed by atoms with Gasteiger partial charge in [0.05, 0.1) is 9.38 Å². The summed E-state index contributed by atoms with van der Waals surface area (Å²) in [7, 11) is -3.99. The maximum atomic E-state index is 12.3. The fraction of sp³-hybridized carbons (Fsp3) is 0. The van der Waals surface area contributed by atoms with Crippen molar-refractivity contribution < 1.29 is 17.4 Å². The van der Waals surface area contributed by atoms with Crippen LogP contribution in [-0.2, 0) is 14.9 Å². The lowest BCUT2D eigenvalue weighted by Crippen LogP contribution is -2.17. The lowest BCUT2D eigenvalue weighted by Gasteiger charge is -2.09. The van der Waals surface area contributed by atoms with Crippen LogP contribution in [0.5, 0.6) is 5.75 Å². The summed E-state index contributed by atoms with van der Waals surface area (Å²) < 4.78 is 30.7. The highest BCUT2D eigenvalue weighted by molar-refractivity contribution is 9.10. The van der Waals surface area contributed by atoms with Gasteiger partial charge in [0.15, 0.2) is 5.75 Å². The van der Waals surface area contributed by atoms with Crippen LogP contribution in [0.4, 0.5) is 0 Å². The van der Waals surface area contributed by atoms with E-state index in [0.29, 0.717) is 24.3 Å². The molecule has 0 aromatic heterocycles. The highest BCUT2D eigenvalue weighted by Crippen LogP contribution is 2.32. The van der Waals surface area contributed by atoms with Crippen molar-refractivity contribution in [1.82, 2.24) is 5.32 Å². The van der Waals surface area contributed by atoms with E-state index in [-0.39, 0.29) is 16.6 Å². The largest absolute Gasteiger partial charge is 0.378 e. The van der Waals surface area contributed by atoms with Gasteiger partial charge < -0.3 is 9.50 Å². The number of hydrogen-bond donors (Lipinski definition) is 1. The highest BCUT2D eigenvalue weighted by atomic mass is 79.9. The monoisotopic (exact) mass is 489 g/mol. The number of thioether (sulfide) groups is 1. The molecule has 0 atom stereocenters.